The fraction of sp³-hybridized carbons (Fsp3) is 0.500. The zero-order valence-corrected chi connectivity index (χ0v) is 20.3. The summed E-state index contributed by atoms with van der Waals surface area (Å²) >= 11 is 0. The van der Waals surface area contributed by atoms with Gasteiger partial charge in [0.15, 0.2) is 0 Å². The SMILES string of the molecule is Nc1ccc(C2CCN(C(=O)c3ccc(C4CCC4)c(NC(=O)NC[C@@H]4CCCO4)c3)CC2)cc1. The number of ether oxygens (including phenoxy) is 1. The number of hydrogen-bond acceptors (Lipinski definition) is 4. The normalized spacial score (nSPS) is 20.9. The van der Waals surface area contributed by atoms with E-state index < -0.39 is 0 Å². The highest BCUT2D eigenvalue weighted by atomic mass is 16.5. The maximum absolute atomic E-state index is 13.4. The Morgan fingerprint density at radius 1 is 0.943 bits per heavy atom. The lowest BCUT2D eigenvalue weighted by Gasteiger charge is -2.33. The predicted molar refractivity (Wildman–Crippen MR) is 138 cm³/mol. The number of nitrogens with zero attached hydrogens (tertiary/aromatic N) is 1. The Labute approximate surface area is 207 Å². The van der Waals surface area contributed by atoms with Crippen molar-refractivity contribution in [2.24, 2.45) is 0 Å². The number of amides is 3. The van der Waals surface area contributed by atoms with Gasteiger partial charge in [-0.15, -0.1) is 0 Å². The summed E-state index contributed by atoms with van der Waals surface area (Å²) in [7, 11) is 0. The zero-order valence-electron chi connectivity index (χ0n) is 20.3. The van der Waals surface area contributed by atoms with Crippen molar-refractivity contribution in [1.29, 1.82) is 0 Å². The Hall–Kier alpha value is -3.06. The molecule has 35 heavy (non-hydrogen) atoms. The van der Waals surface area contributed by atoms with Gasteiger partial charge in [0.1, 0.15) is 0 Å². The third-order valence-electron chi connectivity index (χ3n) is 7.80. The lowest BCUT2D eigenvalue weighted by atomic mass is 9.79. The summed E-state index contributed by atoms with van der Waals surface area (Å²) in [6.45, 7) is 2.72. The fourth-order valence-electron chi connectivity index (χ4n) is 5.42. The minimum Gasteiger partial charge on any atom is -0.399 e. The molecule has 0 unspecified atom stereocenters. The third kappa shape index (κ3) is 5.61. The maximum Gasteiger partial charge on any atom is 0.319 e. The standard InChI is InChI=1S/C28H36N4O3/c29-23-9-6-19(7-10-23)20-12-14-32(15-13-20)27(33)22-8-11-25(21-3-1-4-21)26(17-22)31-28(34)30-18-24-5-2-16-35-24/h6-11,17,20-21,24H,1-5,12-16,18,29H2,(H2,30,31,34)/t24-/m0/s1. The molecule has 2 heterocycles. The summed E-state index contributed by atoms with van der Waals surface area (Å²) < 4.78 is 5.60. The average Bonchev–Trinajstić information content (AvgIpc) is 3.37. The first-order chi connectivity index (χ1) is 17.1. The Morgan fingerprint density at radius 2 is 1.71 bits per heavy atom. The number of urea groups is 1. The van der Waals surface area contributed by atoms with Crippen molar-refractivity contribution >= 4 is 23.3 Å². The van der Waals surface area contributed by atoms with Crippen LogP contribution in [0, 0.1) is 0 Å². The van der Waals surface area contributed by atoms with E-state index in [4.69, 9.17) is 10.5 Å². The smallest absolute Gasteiger partial charge is 0.319 e. The molecule has 3 amide bonds. The lowest BCUT2D eigenvalue weighted by molar-refractivity contribution is 0.0713. The highest BCUT2D eigenvalue weighted by Crippen LogP contribution is 2.40. The van der Waals surface area contributed by atoms with Crippen LogP contribution in [0.1, 0.15) is 78.3 Å². The molecule has 1 saturated carbocycles. The van der Waals surface area contributed by atoms with E-state index in [9.17, 15) is 9.59 Å². The first-order valence-electron chi connectivity index (χ1n) is 13.0. The van der Waals surface area contributed by atoms with Gasteiger partial charge in [-0.3, -0.25) is 4.79 Å². The molecule has 0 spiro atoms. The minimum absolute atomic E-state index is 0.0312. The van der Waals surface area contributed by atoms with Gasteiger partial charge in [-0.25, -0.2) is 4.79 Å². The first kappa shape index (κ1) is 23.7. The van der Waals surface area contributed by atoms with Gasteiger partial charge in [0.25, 0.3) is 5.91 Å². The molecule has 2 aliphatic heterocycles. The largest absolute Gasteiger partial charge is 0.399 e. The van der Waals surface area contributed by atoms with E-state index in [1.807, 2.05) is 35.2 Å². The lowest BCUT2D eigenvalue weighted by Crippen LogP contribution is -2.38. The summed E-state index contributed by atoms with van der Waals surface area (Å²) in [5.74, 6) is 0.928. The quantitative estimate of drug-likeness (QED) is 0.519. The molecule has 2 aromatic rings. The highest BCUT2D eigenvalue weighted by molar-refractivity contribution is 5.97. The monoisotopic (exact) mass is 476 g/mol. The number of hydrogen-bond donors (Lipinski definition) is 3. The predicted octanol–water partition coefficient (Wildman–Crippen LogP) is 4.86. The first-order valence-corrected chi connectivity index (χ1v) is 13.0. The number of piperidine rings is 1. The molecule has 7 nitrogen and oxygen atoms in total. The van der Waals surface area contributed by atoms with Crippen LogP contribution >= 0.6 is 0 Å². The van der Waals surface area contributed by atoms with Crippen LogP contribution < -0.4 is 16.4 Å². The van der Waals surface area contributed by atoms with Crippen molar-refractivity contribution < 1.29 is 14.3 Å². The molecular weight excluding hydrogens is 440 g/mol. The van der Waals surface area contributed by atoms with Gasteiger partial charge in [-0.2, -0.15) is 0 Å². The molecule has 0 aromatic heterocycles. The van der Waals surface area contributed by atoms with Gasteiger partial charge in [0.05, 0.1) is 6.10 Å². The summed E-state index contributed by atoms with van der Waals surface area (Å²) in [6.07, 6.45) is 7.44. The van der Waals surface area contributed by atoms with Crippen LogP contribution in [0.5, 0.6) is 0 Å². The molecule has 5 rings (SSSR count). The number of carbonyl (C=O) groups is 2. The molecule has 3 aliphatic rings. The zero-order chi connectivity index (χ0) is 24.2. The van der Waals surface area contributed by atoms with Crippen LogP contribution in [0.25, 0.3) is 0 Å². The van der Waals surface area contributed by atoms with Crippen molar-refractivity contribution in [2.75, 3.05) is 37.3 Å². The third-order valence-corrected chi connectivity index (χ3v) is 7.80. The molecule has 4 N–H and O–H groups in total. The van der Waals surface area contributed by atoms with Crippen molar-refractivity contribution in [3.63, 3.8) is 0 Å². The van der Waals surface area contributed by atoms with Gasteiger partial charge in [-0.05, 0) is 85.8 Å². The van der Waals surface area contributed by atoms with Gasteiger partial charge >= 0.3 is 6.03 Å². The van der Waals surface area contributed by atoms with Gasteiger partial charge in [0, 0.05) is 43.2 Å². The van der Waals surface area contributed by atoms with E-state index in [1.54, 1.807) is 0 Å². The van der Waals surface area contributed by atoms with E-state index in [1.165, 1.54) is 12.0 Å². The van der Waals surface area contributed by atoms with E-state index >= 15 is 0 Å². The van der Waals surface area contributed by atoms with Gasteiger partial charge in [0.2, 0.25) is 0 Å². The molecule has 3 fully saturated rings. The summed E-state index contributed by atoms with van der Waals surface area (Å²) in [6, 6.07) is 13.7. The van der Waals surface area contributed by atoms with Crippen molar-refractivity contribution in [3.05, 3.63) is 59.2 Å². The Morgan fingerprint density at radius 3 is 2.37 bits per heavy atom. The van der Waals surface area contributed by atoms with Crippen LogP contribution in [-0.4, -0.2) is 49.2 Å². The molecular formula is C28H36N4O3. The number of likely N-dealkylation sites (tertiary alicyclic amines) is 1. The van der Waals surface area contributed by atoms with Crippen LogP contribution in [0.15, 0.2) is 42.5 Å². The summed E-state index contributed by atoms with van der Waals surface area (Å²) in [5.41, 5.74) is 10.4. The van der Waals surface area contributed by atoms with E-state index in [0.717, 1.165) is 75.2 Å². The van der Waals surface area contributed by atoms with Crippen LogP contribution in [0.3, 0.4) is 0 Å². The molecule has 186 valence electrons. The Kier molecular flexibility index (Phi) is 7.23. The van der Waals surface area contributed by atoms with Gasteiger partial charge < -0.3 is 26.0 Å². The number of anilines is 2. The highest BCUT2D eigenvalue weighted by Gasteiger charge is 2.27. The molecule has 7 heteroatoms. The molecule has 2 saturated heterocycles. The van der Waals surface area contributed by atoms with E-state index in [2.05, 4.69) is 22.8 Å². The fourth-order valence-corrected chi connectivity index (χ4v) is 5.42. The average molecular weight is 477 g/mol. The summed E-state index contributed by atoms with van der Waals surface area (Å²) in [4.78, 5) is 27.9. The summed E-state index contributed by atoms with van der Waals surface area (Å²) in [5, 5.41) is 5.96. The van der Waals surface area contributed by atoms with Crippen LogP contribution in [0.2, 0.25) is 0 Å². The topological polar surface area (TPSA) is 96.7 Å². The van der Waals surface area contributed by atoms with Crippen molar-refractivity contribution in [3.8, 4) is 0 Å². The Balaban J connectivity index is 1.23. The second kappa shape index (κ2) is 10.7. The molecule has 1 atom stereocenters. The second-order valence-electron chi connectivity index (χ2n) is 10.1. The molecule has 0 radical (unpaired) electrons. The van der Waals surface area contributed by atoms with E-state index in [0.29, 0.717) is 23.9 Å². The van der Waals surface area contributed by atoms with Gasteiger partial charge in [-0.1, -0.05) is 24.6 Å². The number of carbonyl (C=O) groups excluding carboxylic acids is 2. The number of nitrogens with two attached hydrogens (primary N) is 1. The number of benzene rings is 2. The van der Waals surface area contributed by atoms with Crippen molar-refractivity contribution in [1.82, 2.24) is 10.2 Å². The maximum atomic E-state index is 13.4. The van der Waals surface area contributed by atoms with Crippen LogP contribution in [-0.2, 0) is 4.74 Å². The number of nitrogens with one attached hydrogen (secondary N) is 2. The Bertz CT molecular complexity index is 1040. The molecule has 0 bridgehead atoms. The minimum atomic E-state index is -0.241. The van der Waals surface area contributed by atoms with Crippen molar-refractivity contribution in [2.45, 2.75) is 62.9 Å². The molecule has 1 aliphatic carbocycles. The molecule has 2 aromatic carbocycles. The van der Waals surface area contributed by atoms with Crippen LogP contribution in [0.4, 0.5) is 16.2 Å². The number of nitrogen functional groups attached to an aromatic ring is 1. The number of rotatable bonds is 6. The second-order valence-corrected chi connectivity index (χ2v) is 10.1. The van der Waals surface area contributed by atoms with E-state index in [-0.39, 0.29) is 18.0 Å².